The van der Waals surface area contributed by atoms with Gasteiger partial charge >= 0.3 is 0 Å². The van der Waals surface area contributed by atoms with Crippen LogP contribution in [0.4, 0.5) is 0 Å². The fourth-order valence-electron chi connectivity index (χ4n) is 1.89. The first-order valence-electron chi connectivity index (χ1n) is 5.25. The van der Waals surface area contributed by atoms with Crippen LogP contribution in [0.1, 0.15) is 27.2 Å². The SMILES string of the molecule is CCC(N)CN1CC(C)SC(C)C1. The van der Waals surface area contributed by atoms with Crippen LogP contribution in [0.5, 0.6) is 0 Å². The average molecular weight is 202 g/mol. The minimum atomic E-state index is 0.363. The van der Waals surface area contributed by atoms with Crippen molar-refractivity contribution in [3.63, 3.8) is 0 Å². The van der Waals surface area contributed by atoms with Crippen LogP contribution >= 0.6 is 11.8 Å². The summed E-state index contributed by atoms with van der Waals surface area (Å²) in [5.41, 5.74) is 5.95. The van der Waals surface area contributed by atoms with Crippen molar-refractivity contribution in [1.29, 1.82) is 0 Å². The molecule has 78 valence electrons. The van der Waals surface area contributed by atoms with Crippen molar-refractivity contribution in [3.05, 3.63) is 0 Å². The van der Waals surface area contributed by atoms with Crippen LogP contribution in [0.2, 0.25) is 0 Å². The van der Waals surface area contributed by atoms with Gasteiger partial charge in [-0.25, -0.2) is 0 Å². The molecule has 0 bridgehead atoms. The molecule has 1 fully saturated rings. The molecule has 1 rings (SSSR count). The fourth-order valence-corrected chi connectivity index (χ4v) is 3.28. The van der Waals surface area contributed by atoms with E-state index in [-0.39, 0.29) is 0 Å². The smallest absolute Gasteiger partial charge is 0.0165 e. The van der Waals surface area contributed by atoms with Crippen LogP contribution in [-0.2, 0) is 0 Å². The van der Waals surface area contributed by atoms with Crippen LogP contribution in [0, 0.1) is 0 Å². The Bertz CT molecular complexity index is 142. The van der Waals surface area contributed by atoms with E-state index in [1.54, 1.807) is 0 Å². The predicted molar refractivity (Wildman–Crippen MR) is 61.2 cm³/mol. The van der Waals surface area contributed by atoms with Crippen molar-refractivity contribution in [2.75, 3.05) is 19.6 Å². The molecule has 0 aromatic carbocycles. The molecular formula is C10H22N2S. The van der Waals surface area contributed by atoms with Gasteiger partial charge in [0.15, 0.2) is 0 Å². The second-order valence-electron chi connectivity index (χ2n) is 4.14. The first-order valence-corrected chi connectivity index (χ1v) is 6.19. The Morgan fingerprint density at radius 2 is 1.92 bits per heavy atom. The minimum absolute atomic E-state index is 0.363. The Balaban J connectivity index is 2.32. The van der Waals surface area contributed by atoms with Crippen LogP contribution in [0.15, 0.2) is 0 Å². The van der Waals surface area contributed by atoms with Gasteiger partial charge in [0, 0.05) is 36.2 Å². The Kier molecular flexibility index (Phi) is 4.56. The molecule has 2 N–H and O–H groups in total. The van der Waals surface area contributed by atoms with Crippen molar-refractivity contribution in [3.8, 4) is 0 Å². The lowest BCUT2D eigenvalue weighted by atomic mass is 10.2. The highest BCUT2D eigenvalue weighted by molar-refractivity contribution is 8.00. The zero-order valence-corrected chi connectivity index (χ0v) is 9.81. The normalized spacial score (nSPS) is 33.2. The number of nitrogens with zero attached hydrogens (tertiary/aromatic N) is 1. The molecule has 1 heterocycles. The van der Waals surface area contributed by atoms with Gasteiger partial charge in [-0.2, -0.15) is 11.8 Å². The van der Waals surface area contributed by atoms with Crippen LogP contribution in [-0.4, -0.2) is 41.1 Å². The highest BCUT2D eigenvalue weighted by Crippen LogP contribution is 2.24. The Morgan fingerprint density at radius 3 is 2.38 bits per heavy atom. The molecule has 0 aromatic rings. The molecule has 0 radical (unpaired) electrons. The zero-order chi connectivity index (χ0) is 9.84. The van der Waals surface area contributed by atoms with E-state index in [1.165, 1.54) is 13.1 Å². The summed E-state index contributed by atoms with van der Waals surface area (Å²) in [7, 11) is 0. The third-order valence-electron chi connectivity index (χ3n) is 2.51. The molecule has 0 saturated carbocycles. The van der Waals surface area contributed by atoms with Crippen molar-refractivity contribution < 1.29 is 0 Å². The second kappa shape index (κ2) is 5.23. The molecule has 1 aliphatic heterocycles. The summed E-state index contributed by atoms with van der Waals surface area (Å²) in [6, 6.07) is 0.363. The van der Waals surface area contributed by atoms with Crippen molar-refractivity contribution in [1.82, 2.24) is 4.90 Å². The van der Waals surface area contributed by atoms with E-state index < -0.39 is 0 Å². The second-order valence-corrected chi connectivity index (χ2v) is 6.03. The topological polar surface area (TPSA) is 29.3 Å². The molecule has 3 heteroatoms. The molecule has 0 aliphatic carbocycles. The molecule has 2 nitrogen and oxygen atoms in total. The lowest BCUT2D eigenvalue weighted by molar-refractivity contribution is 0.252. The number of thioether (sulfide) groups is 1. The monoisotopic (exact) mass is 202 g/mol. The van der Waals surface area contributed by atoms with Gasteiger partial charge in [0.2, 0.25) is 0 Å². The summed E-state index contributed by atoms with van der Waals surface area (Å²) >= 11 is 2.10. The van der Waals surface area contributed by atoms with Gasteiger partial charge in [-0.1, -0.05) is 20.8 Å². The zero-order valence-electron chi connectivity index (χ0n) is 8.99. The third-order valence-corrected chi connectivity index (χ3v) is 3.74. The van der Waals surface area contributed by atoms with Crippen molar-refractivity contribution >= 4 is 11.8 Å². The Hall–Kier alpha value is 0.270. The number of hydrogen-bond acceptors (Lipinski definition) is 3. The summed E-state index contributed by atoms with van der Waals surface area (Å²) in [6.45, 7) is 10.3. The van der Waals surface area contributed by atoms with E-state index in [4.69, 9.17) is 5.73 Å². The van der Waals surface area contributed by atoms with Crippen LogP contribution in [0.3, 0.4) is 0 Å². The molecule has 3 atom stereocenters. The van der Waals surface area contributed by atoms with Crippen molar-refractivity contribution in [2.45, 2.75) is 43.7 Å². The quantitative estimate of drug-likeness (QED) is 0.753. The molecule has 1 saturated heterocycles. The maximum Gasteiger partial charge on any atom is 0.0165 e. The third kappa shape index (κ3) is 3.88. The average Bonchev–Trinajstić information content (AvgIpc) is 2.02. The first-order chi connectivity index (χ1) is 6.11. The molecule has 0 aromatic heterocycles. The fraction of sp³-hybridized carbons (Fsp3) is 1.00. The summed E-state index contributed by atoms with van der Waals surface area (Å²) < 4.78 is 0. The van der Waals surface area contributed by atoms with Crippen molar-refractivity contribution in [2.24, 2.45) is 5.73 Å². The van der Waals surface area contributed by atoms with E-state index >= 15 is 0 Å². The molecule has 0 amide bonds. The first kappa shape index (κ1) is 11.3. The Labute approximate surface area is 86.2 Å². The molecule has 13 heavy (non-hydrogen) atoms. The van der Waals surface area contributed by atoms with Gasteiger partial charge in [0.05, 0.1) is 0 Å². The standard InChI is InChI=1S/C10H22N2S/c1-4-10(11)7-12-5-8(2)13-9(3)6-12/h8-10H,4-7,11H2,1-3H3. The highest BCUT2D eigenvalue weighted by atomic mass is 32.2. The molecule has 0 spiro atoms. The van der Waals surface area contributed by atoms with Gasteiger partial charge in [-0.15, -0.1) is 0 Å². The largest absolute Gasteiger partial charge is 0.327 e. The van der Waals surface area contributed by atoms with E-state index in [9.17, 15) is 0 Å². The van der Waals surface area contributed by atoms with Gasteiger partial charge in [-0.05, 0) is 6.42 Å². The summed E-state index contributed by atoms with van der Waals surface area (Å²) in [5.74, 6) is 0. The van der Waals surface area contributed by atoms with E-state index in [0.29, 0.717) is 6.04 Å². The highest BCUT2D eigenvalue weighted by Gasteiger charge is 2.22. The van der Waals surface area contributed by atoms with Gasteiger partial charge < -0.3 is 5.73 Å². The predicted octanol–water partition coefficient (Wildman–Crippen LogP) is 1.55. The van der Waals surface area contributed by atoms with Crippen LogP contribution < -0.4 is 5.73 Å². The minimum Gasteiger partial charge on any atom is -0.327 e. The lowest BCUT2D eigenvalue weighted by Gasteiger charge is -2.35. The van der Waals surface area contributed by atoms with E-state index in [2.05, 4.69) is 37.4 Å². The Morgan fingerprint density at radius 1 is 1.38 bits per heavy atom. The van der Waals surface area contributed by atoms with Crippen LogP contribution in [0.25, 0.3) is 0 Å². The number of nitrogens with two attached hydrogens (primary N) is 1. The van der Waals surface area contributed by atoms with Gasteiger partial charge in [-0.3, -0.25) is 4.90 Å². The lowest BCUT2D eigenvalue weighted by Crippen LogP contribution is -2.45. The summed E-state index contributed by atoms with van der Waals surface area (Å²) in [6.07, 6.45) is 1.09. The van der Waals surface area contributed by atoms with Gasteiger partial charge in [0.25, 0.3) is 0 Å². The summed E-state index contributed by atoms with van der Waals surface area (Å²) in [4.78, 5) is 2.51. The van der Waals surface area contributed by atoms with E-state index in [0.717, 1.165) is 23.5 Å². The maximum absolute atomic E-state index is 5.95. The summed E-state index contributed by atoms with van der Waals surface area (Å²) in [5, 5.41) is 1.54. The molecule has 1 aliphatic rings. The molecular weight excluding hydrogens is 180 g/mol. The van der Waals surface area contributed by atoms with Gasteiger partial charge in [0.1, 0.15) is 0 Å². The number of hydrogen-bond donors (Lipinski definition) is 1. The number of rotatable bonds is 3. The maximum atomic E-state index is 5.95. The van der Waals surface area contributed by atoms with E-state index in [1.807, 2.05) is 0 Å². The molecule has 3 unspecified atom stereocenters.